The Kier molecular flexibility index (Phi) is 3.65. The maximum absolute atomic E-state index is 11.4. The van der Waals surface area contributed by atoms with Gasteiger partial charge in [0.25, 0.3) is 0 Å². The van der Waals surface area contributed by atoms with Crippen molar-refractivity contribution in [1.29, 1.82) is 0 Å². The van der Waals surface area contributed by atoms with E-state index in [9.17, 15) is 4.79 Å². The van der Waals surface area contributed by atoms with E-state index in [2.05, 4.69) is 0 Å². The fraction of sp³-hybridized carbons (Fsp3) is 0.875. The summed E-state index contributed by atoms with van der Waals surface area (Å²) in [6.07, 6.45) is 0. The second-order valence-corrected chi connectivity index (χ2v) is 3.52. The summed E-state index contributed by atoms with van der Waals surface area (Å²) >= 11 is 0. The molecule has 3 N–H and O–H groups in total. The lowest BCUT2D eigenvalue weighted by atomic mass is 10.2. The Morgan fingerprint density at radius 2 is 2.31 bits per heavy atom. The van der Waals surface area contributed by atoms with Crippen LogP contribution in [0.1, 0.15) is 0 Å². The van der Waals surface area contributed by atoms with E-state index >= 15 is 0 Å². The summed E-state index contributed by atoms with van der Waals surface area (Å²) in [6, 6.07) is -0.313. The fourth-order valence-electron chi connectivity index (χ4n) is 1.36. The van der Waals surface area contributed by atoms with Gasteiger partial charge in [0.15, 0.2) is 0 Å². The highest BCUT2D eigenvalue weighted by Crippen LogP contribution is 2.01. The van der Waals surface area contributed by atoms with E-state index < -0.39 is 0 Å². The predicted octanol–water partition coefficient (Wildman–Crippen LogP) is -1.92. The number of carbonyl (C=O) groups is 1. The van der Waals surface area contributed by atoms with Crippen LogP contribution in [0.15, 0.2) is 0 Å². The summed E-state index contributed by atoms with van der Waals surface area (Å²) in [7, 11) is 1.92. The molecule has 1 rings (SSSR count). The van der Waals surface area contributed by atoms with E-state index in [1.165, 1.54) is 0 Å². The first-order valence-corrected chi connectivity index (χ1v) is 4.46. The number of amides is 1. The number of piperazine rings is 1. The Bertz CT molecular complexity index is 186. The molecule has 1 saturated heterocycles. The molecule has 0 aromatic carbocycles. The molecule has 0 aromatic heterocycles. The van der Waals surface area contributed by atoms with Crippen LogP contribution in [-0.2, 0) is 4.79 Å². The van der Waals surface area contributed by atoms with Crippen LogP contribution in [0.3, 0.4) is 0 Å². The first kappa shape index (κ1) is 10.4. The smallest absolute Gasteiger partial charge is 0.236 e. The lowest BCUT2D eigenvalue weighted by molar-refractivity contribution is -0.135. The Morgan fingerprint density at radius 1 is 1.62 bits per heavy atom. The van der Waals surface area contributed by atoms with Crippen LogP contribution in [0.5, 0.6) is 0 Å². The van der Waals surface area contributed by atoms with Gasteiger partial charge in [-0.25, -0.2) is 0 Å². The highest BCUT2D eigenvalue weighted by atomic mass is 16.3. The lowest BCUT2D eigenvalue weighted by Gasteiger charge is -2.33. The van der Waals surface area contributed by atoms with Crippen molar-refractivity contribution >= 4 is 5.91 Å². The van der Waals surface area contributed by atoms with Crippen LogP contribution < -0.4 is 5.73 Å². The Hall–Kier alpha value is -0.650. The number of aliphatic hydroxyl groups is 1. The molecule has 1 heterocycles. The van der Waals surface area contributed by atoms with Gasteiger partial charge in [0.2, 0.25) is 5.91 Å². The van der Waals surface area contributed by atoms with Crippen molar-refractivity contribution in [3.05, 3.63) is 0 Å². The third kappa shape index (κ3) is 2.95. The largest absolute Gasteiger partial charge is 0.395 e. The van der Waals surface area contributed by atoms with Crippen LogP contribution in [0.2, 0.25) is 0 Å². The zero-order valence-corrected chi connectivity index (χ0v) is 7.94. The molecular weight excluding hydrogens is 170 g/mol. The van der Waals surface area contributed by atoms with Crippen molar-refractivity contribution in [3.8, 4) is 0 Å². The maximum Gasteiger partial charge on any atom is 0.236 e. The van der Waals surface area contributed by atoms with Crippen molar-refractivity contribution in [2.24, 2.45) is 5.73 Å². The van der Waals surface area contributed by atoms with Crippen molar-refractivity contribution in [2.75, 3.05) is 39.8 Å². The molecule has 1 atom stereocenters. The summed E-state index contributed by atoms with van der Waals surface area (Å²) in [6.45, 7) is 2.44. The van der Waals surface area contributed by atoms with E-state index in [4.69, 9.17) is 10.8 Å². The number of hydrogen-bond donors (Lipinski definition) is 2. The summed E-state index contributed by atoms with van der Waals surface area (Å²) in [5.74, 6) is 0.0950. The standard InChI is InChI=1S/C8H17N3O2/c1-10-2-3-11(8(13)5-10)4-7(9)6-12/h7,12H,2-6,9H2,1H3. The molecule has 1 aliphatic heterocycles. The third-order valence-electron chi connectivity index (χ3n) is 2.20. The number of nitrogens with zero attached hydrogens (tertiary/aromatic N) is 2. The number of carbonyl (C=O) groups excluding carboxylic acids is 1. The van der Waals surface area contributed by atoms with Crippen LogP contribution in [0.4, 0.5) is 0 Å². The van der Waals surface area contributed by atoms with Crippen LogP contribution in [0, 0.1) is 0 Å². The quantitative estimate of drug-likeness (QED) is 0.540. The van der Waals surface area contributed by atoms with Crippen LogP contribution in [0.25, 0.3) is 0 Å². The number of hydrogen-bond acceptors (Lipinski definition) is 4. The summed E-state index contributed by atoms with van der Waals surface area (Å²) in [4.78, 5) is 15.1. The van der Waals surface area contributed by atoms with E-state index in [0.29, 0.717) is 19.6 Å². The molecule has 76 valence electrons. The van der Waals surface area contributed by atoms with Crippen LogP contribution >= 0.6 is 0 Å². The van der Waals surface area contributed by atoms with Gasteiger partial charge in [-0.2, -0.15) is 0 Å². The van der Waals surface area contributed by atoms with Gasteiger partial charge in [-0.05, 0) is 7.05 Å². The average molecular weight is 187 g/mol. The first-order chi connectivity index (χ1) is 6.13. The van der Waals surface area contributed by atoms with Gasteiger partial charge in [-0.15, -0.1) is 0 Å². The van der Waals surface area contributed by atoms with Gasteiger partial charge in [0.05, 0.1) is 13.2 Å². The second-order valence-electron chi connectivity index (χ2n) is 3.52. The van der Waals surface area contributed by atoms with E-state index in [1.54, 1.807) is 4.90 Å². The van der Waals surface area contributed by atoms with Gasteiger partial charge >= 0.3 is 0 Å². The number of likely N-dealkylation sites (N-methyl/N-ethyl adjacent to an activating group) is 1. The molecule has 0 saturated carbocycles. The molecule has 0 radical (unpaired) electrons. The van der Waals surface area contributed by atoms with Crippen molar-refractivity contribution in [1.82, 2.24) is 9.80 Å². The Labute approximate surface area is 78.1 Å². The average Bonchev–Trinajstić information content (AvgIpc) is 2.09. The minimum Gasteiger partial charge on any atom is -0.395 e. The third-order valence-corrected chi connectivity index (χ3v) is 2.20. The molecular formula is C8H17N3O2. The molecule has 0 spiro atoms. The molecule has 1 unspecified atom stereocenters. The Morgan fingerprint density at radius 3 is 2.85 bits per heavy atom. The van der Waals surface area contributed by atoms with E-state index in [-0.39, 0.29) is 18.6 Å². The maximum atomic E-state index is 11.4. The highest BCUT2D eigenvalue weighted by molar-refractivity contribution is 5.79. The summed E-state index contributed by atoms with van der Waals surface area (Å²) < 4.78 is 0. The SMILES string of the molecule is CN1CCN(CC(N)CO)C(=O)C1. The second kappa shape index (κ2) is 4.55. The monoisotopic (exact) mass is 187 g/mol. The van der Waals surface area contributed by atoms with Gasteiger partial charge in [-0.1, -0.05) is 0 Å². The molecule has 0 aromatic rings. The lowest BCUT2D eigenvalue weighted by Crippen LogP contribution is -2.52. The molecule has 1 fully saturated rings. The number of rotatable bonds is 3. The molecule has 1 amide bonds. The van der Waals surface area contributed by atoms with Crippen molar-refractivity contribution in [2.45, 2.75) is 6.04 Å². The molecule has 5 heteroatoms. The van der Waals surface area contributed by atoms with Gasteiger partial charge in [-0.3, -0.25) is 9.69 Å². The minimum atomic E-state index is -0.313. The Balaban J connectivity index is 2.38. The van der Waals surface area contributed by atoms with Crippen molar-refractivity contribution < 1.29 is 9.90 Å². The molecule has 0 aliphatic carbocycles. The number of nitrogens with two attached hydrogens (primary N) is 1. The zero-order chi connectivity index (χ0) is 9.84. The summed E-state index contributed by atoms with van der Waals surface area (Å²) in [5, 5.41) is 8.73. The molecule has 5 nitrogen and oxygen atoms in total. The molecule has 13 heavy (non-hydrogen) atoms. The summed E-state index contributed by atoms with van der Waals surface area (Å²) in [5.41, 5.74) is 5.54. The zero-order valence-electron chi connectivity index (χ0n) is 7.94. The van der Waals surface area contributed by atoms with E-state index in [0.717, 1.165) is 6.54 Å². The minimum absolute atomic E-state index is 0.0698. The molecule has 1 aliphatic rings. The topological polar surface area (TPSA) is 69.8 Å². The normalized spacial score (nSPS) is 22.1. The fourth-order valence-corrected chi connectivity index (χ4v) is 1.36. The van der Waals surface area contributed by atoms with Gasteiger partial charge in [0, 0.05) is 25.7 Å². The molecule has 0 bridgehead atoms. The predicted molar refractivity (Wildman–Crippen MR) is 49.1 cm³/mol. The van der Waals surface area contributed by atoms with Crippen molar-refractivity contribution in [3.63, 3.8) is 0 Å². The van der Waals surface area contributed by atoms with E-state index in [1.807, 2.05) is 11.9 Å². The van der Waals surface area contributed by atoms with Gasteiger partial charge in [0.1, 0.15) is 0 Å². The highest BCUT2D eigenvalue weighted by Gasteiger charge is 2.22. The van der Waals surface area contributed by atoms with Crippen LogP contribution in [-0.4, -0.2) is 66.7 Å². The first-order valence-electron chi connectivity index (χ1n) is 4.46. The van der Waals surface area contributed by atoms with Gasteiger partial charge < -0.3 is 15.7 Å². The number of aliphatic hydroxyl groups excluding tert-OH is 1.